The van der Waals surface area contributed by atoms with Crippen LogP contribution in [0.2, 0.25) is 0 Å². The molecule has 106 valence electrons. The van der Waals surface area contributed by atoms with Crippen molar-refractivity contribution >= 4 is 0 Å². The van der Waals surface area contributed by atoms with Gasteiger partial charge in [-0.25, -0.2) is 13.2 Å². The normalized spacial score (nSPS) is 12.5. The average Bonchev–Trinajstić information content (AvgIpc) is 2.40. The molecule has 0 heterocycles. The lowest BCUT2D eigenvalue weighted by Gasteiger charge is -2.19. The fourth-order valence-electron chi connectivity index (χ4n) is 2.21. The van der Waals surface area contributed by atoms with E-state index in [1.807, 2.05) is 32.0 Å². The molecule has 4 heteroatoms. The topological polar surface area (TPSA) is 12.0 Å². The molecule has 0 radical (unpaired) electrons. The highest BCUT2D eigenvalue weighted by Gasteiger charge is 2.19. The van der Waals surface area contributed by atoms with E-state index in [1.54, 1.807) is 7.05 Å². The highest BCUT2D eigenvalue weighted by atomic mass is 19.2. The van der Waals surface area contributed by atoms with Crippen LogP contribution in [0.4, 0.5) is 13.2 Å². The van der Waals surface area contributed by atoms with Gasteiger partial charge in [0.15, 0.2) is 11.6 Å². The zero-order valence-corrected chi connectivity index (χ0v) is 11.6. The summed E-state index contributed by atoms with van der Waals surface area (Å²) in [5.74, 6) is -2.99. The van der Waals surface area contributed by atoms with Gasteiger partial charge >= 0.3 is 0 Å². The van der Waals surface area contributed by atoms with Gasteiger partial charge in [-0.1, -0.05) is 18.2 Å². The van der Waals surface area contributed by atoms with Crippen molar-refractivity contribution in [2.75, 3.05) is 7.05 Å². The largest absolute Gasteiger partial charge is 0.309 e. The van der Waals surface area contributed by atoms with Crippen molar-refractivity contribution in [3.05, 3.63) is 70.0 Å². The Morgan fingerprint density at radius 2 is 1.50 bits per heavy atom. The van der Waals surface area contributed by atoms with E-state index >= 15 is 0 Å². The molecule has 0 bridgehead atoms. The number of rotatable bonds is 3. The molecule has 1 nitrogen and oxygen atoms in total. The van der Waals surface area contributed by atoms with E-state index < -0.39 is 23.5 Å². The molecule has 0 aromatic heterocycles. The van der Waals surface area contributed by atoms with Crippen LogP contribution in [-0.2, 0) is 0 Å². The van der Waals surface area contributed by atoms with Gasteiger partial charge < -0.3 is 5.32 Å². The highest BCUT2D eigenvalue weighted by Crippen LogP contribution is 2.27. The third-order valence-corrected chi connectivity index (χ3v) is 3.50. The minimum absolute atomic E-state index is 0.0923. The summed E-state index contributed by atoms with van der Waals surface area (Å²) in [6, 6.07) is 6.65. The van der Waals surface area contributed by atoms with E-state index in [4.69, 9.17) is 0 Å². The Morgan fingerprint density at radius 3 is 2.10 bits per heavy atom. The molecule has 20 heavy (non-hydrogen) atoms. The Bertz CT molecular complexity index is 638. The van der Waals surface area contributed by atoms with E-state index in [9.17, 15) is 13.2 Å². The zero-order chi connectivity index (χ0) is 14.9. The Hall–Kier alpha value is -1.81. The molecule has 1 atom stereocenters. The molecule has 0 aliphatic carbocycles. The zero-order valence-electron chi connectivity index (χ0n) is 11.6. The van der Waals surface area contributed by atoms with Crippen LogP contribution >= 0.6 is 0 Å². The van der Waals surface area contributed by atoms with Crippen LogP contribution < -0.4 is 5.32 Å². The van der Waals surface area contributed by atoms with Crippen LogP contribution in [0.3, 0.4) is 0 Å². The molecule has 0 saturated carbocycles. The van der Waals surface area contributed by atoms with Crippen molar-refractivity contribution in [3.8, 4) is 0 Å². The lowest BCUT2D eigenvalue weighted by molar-refractivity contribution is 0.483. The smallest absolute Gasteiger partial charge is 0.161 e. The molecule has 0 fully saturated rings. The van der Waals surface area contributed by atoms with Crippen LogP contribution in [0.5, 0.6) is 0 Å². The van der Waals surface area contributed by atoms with Crippen molar-refractivity contribution in [1.29, 1.82) is 0 Å². The van der Waals surface area contributed by atoms with Gasteiger partial charge in [0.05, 0.1) is 6.04 Å². The molecule has 2 aromatic rings. The fraction of sp³-hybridized carbons (Fsp3) is 0.250. The van der Waals surface area contributed by atoms with E-state index in [1.165, 1.54) is 0 Å². The summed E-state index contributed by atoms with van der Waals surface area (Å²) in [4.78, 5) is 0. The van der Waals surface area contributed by atoms with Crippen molar-refractivity contribution in [2.24, 2.45) is 0 Å². The summed E-state index contributed by atoms with van der Waals surface area (Å²) >= 11 is 0. The number of nitrogens with one attached hydrogen (secondary N) is 1. The standard InChI is InChI=1S/C16H16F3N/c1-9-4-5-11(6-10(9)2)16(20-3)12-7-14(18)15(19)8-13(12)17/h4-8,16,20H,1-3H3. The second kappa shape index (κ2) is 5.67. The third kappa shape index (κ3) is 2.70. The minimum atomic E-state index is -1.18. The summed E-state index contributed by atoms with van der Waals surface area (Å²) in [5, 5.41) is 2.94. The quantitative estimate of drug-likeness (QED) is 0.836. The summed E-state index contributed by atoms with van der Waals surface area (Å²) in [6.45, 7) is 3.93. The Balaban J connectivity index is 2.52. The molecular formula is C16H16F3N. The molecule has 0 spiro atoms. The Morgan fingerprint density at radius 1 is 0.850 bits per heavy atom. The van der Waals surface area contributed by atoms with E-state index in [0.29, 0.717) is 6.07 Å². The molecular weight excluding hydrogens is 263 g/mol. The average molecular weight is 279 g/mol. The predicted molar refractivity (Wildman–Crippen MR) is 73.1 cm³/mol. The van der Waals surface area contributed by atoms with Gasteiger partial charge in [-0.05, 0) is 43.7 Å². The Kier molecular flexibility index (Phi) is 4.14. The number of benzene rings is 2. The number of hydrogen-bond donors (Lipinski definition) is 1. The van der Waals surface area contributed by atoms with Crippen LogP contribution in [0.25, 0.3) is 0 Å². The maximum atomic E-state index is 13.9. The number of halogens is 3. The summed E-state index contributed by atoms with van der Waals surface area (Å²) in [7, 11) is 1.65. The van der Waals surface area contributed by atoms with Gasteiger partial charge in [0.2, 0.25) is 0 Å². The third-order valence-electron chi connectivity index (χ3n) is 3.50. The van der Waals surface area contributed by atoms with Crippen LogP contribution in [0, 0.1) is 31.3 Å². The van der Waals surface area contributed by atoms with Gasteiger partial charge in [-0.2, -0.15) is 0 Å². The molecule has 1 N–H and O–H groups in total. The second-order valence-corrected chi connectivity index (χ2v) is 4.85. The number of hydrogen-bond acceptors (Lipinski definition) is 1. The second-order valence-electron chi connectivity index (χ2n) is 4.85. The van der Waals surface area contributed by atoms with Crippen LogP contribution in [0.1, 0.15) is 28.3 Å². The maximum Gasteiger partial charge on any atom is 0.161 e. The SMILES string of the molecule is CNC(c1ccc(C)c(C)c1)c1cc(F)c(F)cc1F. The first-order valence-electron chi connectivity index (χ1n) is 6.33. The predicted octanol–water partition coefficient (Wildman–Crippen LogP) is 4.03. The molecule has 2 rings (SSSR count). The lowest BCUT2D eigenvalue weighted by Crippen LogP contribution is -2.19. The van der Waals surface area contributed by atoms with Crippen molar-refractivity contribution < 1.29 is 13.2 Å². The van der Waals surface area contributed by atoms with Gasteiger partial charge in [-0.3, -0.25) is 0 Å². The van der Waals surface area contributed by atoms with Gasteiger partial charge in [0.25, 0.3) is 0 Å². The molecule has 1 unspecified atom stereocenters. The van der Waals surface area contributed by atoms with Gasteiger partial charge in [0.1, 0.15) is 5.82 Å². The van der Waals surface area contributed by atoms with Crippen molar-refractivity contribution in [2.45, 2.75) is 19.9 Å². The molecule has 0 aliphatic heterocycles. The van der Waals surface area contributed by atoms with Gasteiger partial charge in [-0.15, -0.1) is 0 Å². The Labute approximate surface area is 116 Å². The van der Waals surface area contributed by atoms with Crippen LogP contribution in [-0.4, -0.2) is 7.05 Å². The van der Waals surface area contributed by atoms with Crippen molar-refractivity contribution in [3.63, 3.8) is 0 Å². The maximum absolute atomic E-state index is 13.9. The first kappa shape index (κ1) is 14.6. The summed E-state index contributed by atoms with van der Waals surface area (Å²) in [6.07, 6.45) is 0. The lowest BCUT2D eigenvalue weighted by atomic mass is 9.95. The van der Waals surface area contributed by atoms with Crippen LogP contribution in [0.15, 0.2) is 30.3 Å². The fourth-order valence-corrected chi connectivity index (χ4v) is 2.21. The van der Waals surface area contributed by atoms with E-state index in [0.717, 1.165) is 22.8 Å². The van der Waals surface area contributed by atoms with E-state index in [2.05, 4.69) is 5.32 Å². The van der Waals surface area contributed by atoms with Crippen molar-refractivity contribution in [1.82, 2.24) is 5.32 Å². The molecule has 0 aliphatic rings. The first-order chi connectivity index (χ1) is 9.43. The summed E-state index contributed by atoms with van der Waals surface area (Å²) < 4.78 is 40.2. The minimum Gasteiger partial charge on any atom is -0.309 e. The monoisotopic (exact) mass is 279 g/mol. The number of aryl methyl sites for hydroxylation is 2. The highest BCUT2D eigenvalue weighted by molar-refractivity contribution is 5.38. The van der Waals surface area contributed by atoms with E-state index in [-0.39, 0.29) is 5.56 Å². The molecule has 0 saturated heterocycles. The molecule has 2 aromatic carbocycles. The molecule has 0 amide bonds. The summed E-state index contributed by atoms with van der Waals surface area (Å²) in [5.41, 5.74) is 3.08. The first-order valence-corrected chi connectivity index (χ1v) is 6.33. The van der Waals surface area contributed by atoms with Gasteiger partial charge in [0, 0.05) is 11.6 Å².